The summed E-state index contributed by atoms with van der Waals surface area (Å²) in [5.74, 6) is -0.155. The number of carbonyl (C=O) groups is 2. The fourth-order valence-corrected chi connectivity index (χ4v) is 3.03. The van der Waals surface area contributed by atoms with E-state index in [2.05, 4.69) is 15.0 Å². The zero-order chi connectivity index (χ0) is 15.9. The molecule has 1 N–H and O–H groups in total. The van der Waals surface area contributed by atoms with Crippen LogP contribution in [0.15, 0.2) is 34.5 Å². The molecular formula is C15H16N2O3S2. The van der Waals surface area contributed by atoms with Gasteiger partial charge in [-0.3, -0.25) is 9.59 Å². The predicted octanol–water partition coefficient (Wildman–Crippen LogP) is 2.90. The van der Waals surface area contributed by atoms with Crippen molar-refractivity contribution in [2.24, 2.45) is 0 Å². The quantitative estimate of drug-likeness (QED) is 0.649. The van der Waals surface area contributed by atoms with Crippen molar-refractivity contribution in [1.29, 1.82) is 0 Å². The first kappa shape index (κ1) is 16.5. The van der Waals surface area contributed by atoms with Crippen LogP contribution >= 0.6 is 23.1 Å². The summed E-state index contributed by atoms with van der Waals surface area (Å²) < 4.78 is 4.58. The summed E-state index contributed by atoms with van der Waals surface area (Å²) in [5, 5.41) is 4.96. The minimum absolute atomic E-state index is 0.112. The van der Waals surface area contributed by atoms with Crippen LogP contribution in [0.5, 0.6) is 0 Å². The molecule has 0 aliphatic carbocycles. The highest BCUT2D eigenvalue weighted by molar-refractivity contribution is 8.00. The number of nitrogens with one attached hydrogen (secondary N) is 1. The molecule has 0 radical (unpaired) electrons. The molecule has 116 valence electrons. The van der Waals surface area contributed by atoms with Crippen LogP contribution in [0.1, 0.15) is 11.3 Å². The molecule has 1 heterocycles. The summed E-state index contributed by atoms with van der Waals surface area (Å²) in [6.45, 7) is 2.02. The topological polar surface area (TPSA) is 68.3 Å². The third-order valence-corrected chi connectivity index (χ3v) is 4.56. The number of aromatic nitrogens is 1. The van der Waals surface area contributed by atoms with Gasteiger partial charge in [0.1, 0.15) is 0 Å². The largest absolute Gasteiger partial charge is 0.469 e. The number of hydrogen-bond donors (Lipinski definition) is 1. The van der Waals surface area contributed by atoms with Crippen LogP contribution in [-0.4, -0.2) is 29.7 Å². The molecule has 0 saturated heterocycles. The lowest BCUT2D eigenvalue weighted by atomic mass is 10.2. The van der Waals surface area contributed by atoms with Gasteiger partial charge in [0.15, 0.2) is 5.13 Å². The Balaban J connectivity index is 1.81. The highest BCUT2D eigenvalue weighted by Crippen LogP contribution is 2.20. The summed E-state index contributed by atoms with van der Waals surface area (Å²) in [4.78, 5) is 28.3. The van der Waals surface area contributed by atoms with E-state index in [0.29, 0.717) is 16.6 Å². The van der Waals surface area contributed by atoms with E-state index in [9.17, 15) is 9.59 Å². The summed E-state index contributed by atoms with van der Waals surface area (Å²) in [6.07, 6.45) is 0.112. The van der Waals surface area contributed by atoms with Gasteiger partial charge in [0.2, 0.25) is 5.91 Å². The number of methoxy groups -OCH3 is 1. The average Bonchev–Trinajstić information content (AvgIpc) is 2.93. The molecular weight excluding hydrogens is 320 g/mol. The Kier molecular flexibility index (Phi) is 5.97. The minimum atomic E-state index is -0.349. The Morgan fingerprint density at radius 3 is 2.73 bits per heavy atom. The molecule has 0 unspecified atom stereocenters. The Bertz CT molecular complexity index is 653. The van der Waals surface area contributed by atoms with E-state index < -0.39 is 0 Å². The number of rotatable bonds is 6. The van der Waals surface area contributed by atoms with Crippen molar-refractivity contribution in [2.75, 3.05) is 18.2 Å². The van der Waals surface area contributed by atoms with Gasteiger partial charge in [0.25, 0.3) is 0 Å². The van der Waals surface area contributed by atoms with Gasteiger partial charge in [-0.25, -0.2) is 4.98 Å². The minimum Gasteiger partial charge on any atom is -0.469 e. The van der Waals surface area contributed by atoms with E-state index in [-0.39, 0.29) is 18.3 Å². The number of thioether (sulfide) groups is 1. The smallest absolute Gasteiger partial charge is 0.311 e. The zero-order valence-electron chi connectivity index (χ0n) is 12.3. The lowest BCUT2D eigenvalue weighted by Crippen LogP contribution is -2.14. The van der Waals surface area contributed by atoms with Gasteiger partial charge in [0.05, 0.1) is 25.0 Å². The van der Waals surface area contributed by atoms with Gasteiger partial charge >= 0.3 is 5.97 Å². The van der Waals surface area contributed by atoms with Gasteiger partial charge in [-0.05, 0) is 19.1 Å². The first-order valence-electron chi connectivity index (χ1n) is 6.57. The standard InChI is InChI=1S/C15H16N2O3S2/c1-10-3-5-12(6-4-10)21-9-13(18)17-15-16-11(8-22-15)7-14(19)20-2/h3-6,8H,7,9H2,1-2H3,(H,16,17,18). The highest BCUT2D eigenvalue weighted by Gasteiger charge is 2.10. The average molecular weight is 336 g/mol. The fourth-order valence-electron chi connectivity index (χ4n) is 1.60. The number of aryl methyl sites for hydroxylation is 1. The molecule has 0 atom stereocenters. The van der Waals surface area contributed by atoms with Gasteiger partial charge < -0.3 is 10.1 Å². The monoisotopic (exact) mass is 336 g/mol. The second-order valence-corrected chi connectivity index (χ2v) is 6.45. The van der Waals surface area contributed by atoms with E-state index in [1.165, 1.54) is 35.8 Å². The zero-order valence-corrected chi connectivity index (χ0v) is 13.9. The first-order chi connectivity index (χ1) is 10.6. The van der Waals surface area contributed by atoms with Crippen molar-refractivity contribution in [3.63, 3.8) is 0 Å². The van der Waals surface area contributed by atoms with E-state index in [1.807, 2.05) is 31.2 Å². The van der Waals surface area contributed by atoms with Crippen LogP contribution < -0.4 is 5.32 Å². The number of anilines is 1. The highest BCUT2D eigenvalue weighted by atomic mass is 32.2. The second-order valence-electron chi connectivity index (χ2n) is 4.55. The Labute approximate surface area is 137 Å². The Hall–Kier alpha value is -1.86. The number of thiazole rings is 1. The maximum Gasteiger partial charge on any atom is 0.311 e. The molecule has 1 amide bonds. The maximum absolute atomic E-state index is 11.9. The molecule has 0 fully saturated rings. The van der Waals surface area contributed by atoms with Gasteiger partial charge in [-0.1, -0.05) is 17.7 Å². The van der Waals surface area contributed by atoms with Gasteiger partial charge in [-0.15, -0.1) is 23.1 Å². The number of hydrogen-bond acceptors (Lipinski definition) is 6. The summed E-state index contributed by atoms with van der Waals surface area (Å²) in [5.41, 5.74) is 1.79. The van der Waals surface area contributed by atoms with Crippen LogP contribution in [0.3, 0.4) is 0 Å². The van der Waals surface area contributed by atoms with Crippen LogP contribution in [0.2, 0.25) is 0 Å². The van der Waals surface area contributed by atoms with Crippen LogP contribution in [-0.2, 0) is 20.7 Å². The van der Waals surface area contributed by atoms with Crippen molar-refractivity contribution in [1.82, 2.24) is 4.98 Å². The van der Waals surface area contributed by atoms with E-state index >= 15 is 0 Å². The Morgan fingerprint density at radius 1 is 1.32 bits per heavy atom. The molecule has 1 aromatic carbocycles. The van der Waals surface area contributed by atoms with Crippen LogP contribution in [0, 0.1) is 6.92 Å². The predicted molar refractivity (Wildman–Crippen MR) is 88.4 cm³/mol. The number of esters is 1. The summed E-state index contributed by atoms with van der Waals surface area (Å²) in [7, 11) is 1.33. The van der Waals surface area contributed by atoms with Crippen molar-refractivity contribution >= 4 is 40.1 Å². The molecule has 1 aromatic heterocycles. The van der Waals surface area contributed by atoms with Gasteiger partial charge in [0, 0.05) is 10.3 Å². The summed E-state index contributed by atoms with van der Waals surface area (Å²) in [6, 6.07) is 8.01. The molecule has 7 heteroatoms. The molecule has 0 bridgehead atoms. The SMILES string of the molecule is COC(=O)Cc1csc(NC(=O)CSc2ccc(C)cc2)n1. The second kappa shape index (κ2) is 7.95. The molecule has 2 aromatic rings. The lowest BCUT2D eigenvalue weighted by molar-refractivity contribution is -0.139. The van der Waals surface area contributed by atoms with Crippen molar-refractivity contribution in [2.45, 2.75) is 18.2 Å². The van der Waals surface area contributed by atoms with Crippen LogP contribution in [0.4, 0.5) is 5.13 Å². The van der Waals surface area contributed by atoms with Crippen LogP contribution in [0.25, 0.3) is 0 Å². The van der Waals surface area contributed by atoms with E-state index in [1.54, 1.807) is 5.38 Å². The molecule has 0 aliphatic rings. The van der Waals surface area contributed by atoms with Gasteiger partial charge in [-0.2, -0.15) is 0 Å². The van der Waals surface area contributed by atoms with Crippen molar-refractivity contribution in [3.8, 4) is 0 Å². The molecule has 0 saturated carbocycles. The Morgan fingerprint density at radius 2 is 2.05 bits per heavy atom. The lowest BCUT2D eigenvalue weighted by Gasteiger charge is -2.02. The third kappa shape index (κ3) is 5.16. The number of ether oxygens (including phenoxy) is 1. The van der Waals surface area contributed by atoms with Crippen molar-refractivity contribution < 1.29 is 14.3 Å². The number of carbonyl (C=O) groups excluding carboxylic acids is 2. The van der Waals surface area contributed by atoms with Crippen molar-refractivity contribution in [3.05, 3.63) is 40.9 Å². The molecule has 0 spiro atoms. The number of amides is 1. The third-order valence-electron chi connectivity index (χ3n) is 2.74. The molecule has 2 rings (SSSR count). The first-order valence-corrected chi connectivity index (χ1v) is 8.44. The normalized spacial score (nSPS) is 10.3. The molecule has 5 nitrogen and oxygen atoms in total. The maximum atomic E-state index is 11.9. The number of benzene rings is 1. The number of nitrogens with zero attached hydrogens (tertiary/aromatic N) is 1. The van der Waals surface area contributed by atoms with E-state index in [0.717, 1.165) is 4.90 Å². The fraction of sp³-hybridized carbons (Fsp3) is 0.267. The molecule has 0 aliphatic heterocycles. The van der Waals surface area contributed by atoms with E-state index in [4.69, 9.17) is 0 Å². The summed E-state index contributed by atoms with van der Waals surface area (Å²) >= 11 is 2.76. The molecule has 22 heavy (non-hydrogen) atoms.